The Morgan fingerprint density at radius 3 is 2.20 bits per heavy atom. The van der Waals surface area contributed by atoms with Gasteiger partial charge in [0.15, 0.2) is 0 Å². The summed E-state index contributed by atoms with van der Waals surface area (Å²) in [7, 11) is 0. The fourth-order valence-electron chi connectivity index (χ4n) is 1.02. The number of thioether (sulfide) groups is 1. The molecule has 0 bridgehead atoms. The van der Waals surface area contributed by atoms with Crippen molar-refractivity contribution in [3.63, 3.8) is 0 Å². The molecule has 6 heteroatoms. The van der Waals surface area contributed by atoms with Crippen molar-refractivity contribution in [2.45, 2.75) is 17.6 Å². The van der Waals surface area contributed by atoms with E-state index in [4.69, 9.17) is 0 Å². The van der Waals surface area contributed by atoms with Crippen LogP contribution >= 0.6 is 11.8 Å². The first-order chi connectivity index (χ1) is 6.58. The van der Waals surface area contributed by atoms with E-state index in [9.17, 15) is 12.9 Å². The molecule has 0 spiro atoms. The zero-order valence-electron chi connectivity index (χ0n) is 8.63. The topological polar surface area (TPSA) is 0 Å². The van der Waals surface area contributed by atoms with E-state index in [1.165, 1.54) is 11.8 Å². The largest absolute Gasteiger partial charge is 1.00 e. The molecule has 0 saturated carbocycles. The van der Waals surface area contributed by atoms with Gasteiger partial charge in [0.25, 0.3) is 0 Å². The van der Waals surface area contributed by atoms with Gasteiger partial charge in [-0.05, 0) is 17.9 Å². The van der Waals surface area contributed by atoms with Crippen molar-refractivity contribution in [2.75, 3.05) is 5.75 Å². The molecule has 0 saturated heterocycles. The second-order valence-electron chi connectivity index (χ2n) is 3.01. The van der Waals surface area contributed by atoms with E-state index < -0.39 is 13.3 Å². The van der Waals surface area contributed by atoms with Gasteiger partial charge in [0.2, 0.25) is 0 Å². The van der Waals surface area contributed by atoms with Gasteiger partial charge < -0.3 is 12.9 Å². The van der Waals surface area contributed by atoms with Gasteiger partial charge in [-0.1, -0.05) is 30.9 Å². The Morgan fingerprint density at radius 2 is 1.67 bits per heavy atom. The van der Waals surface area contributed by atoms with Gasteiger partial charge in [0.1, 0.15) is 0 Å². The fraction of sp³-hybridized carbons (Fsp3) is 0.333. The van der Waals surface area contributed by atoms with Crippen LogP contribution in [0.2, 0.25) is 6.32 Å². The first-order valence-electron chi connectivity index (χ1n) is 4.47. The molecule has 0 fully saturated rings. The Kier molecular flexibility index (Phi) is 8.78. The number of halogens is 3. The van der Waals surface area contributed by atoms with Crippen molar-refractivity contribution < 1.29 is 64.3 Å². The van der Waals surface area contributed by atoms with Gasteiger partial charge in [-0.2, -0.15) is 0 Å². The molecular formula is C9H11BF3KS. The summed E-state index contributed by atoms with van der Waals surface area (Å²) in [6.07, 6.45) is -0.414. The van der Waals surface area contributed by atoms with Crippen LogP contribution < -0.4 is 51.4 Å². The molecule has 1 aromatic carbocycles. The predicted octanol–water partition coefficient (Wildman–Crippen LogP) is 1.02. The molecule has 0 amide bonds. The van der Waals surface area contributed by atoms with Gasteiger partial charge in [-0.25, -0.2) is 0 Å². The molecule has 1 aromatic rings. The predicted molar refractivity (Wildman–Crippen MR) is 55.7 cm³/mol. The van der Waals surface area contributed by atoms with Crippen LogP contribution in [0.15, 0.2) is 35.2 Å². The summed E-state index contributed by atoms with van der Waals surface area (Å²) in [5, 5.41) is 0. The molecule has 15 heavy (non-hydrogen) atoms. The Morgan fingerprint density at radius 1 is 1.07 bits per heavy atom. The number of benzene rings is 1. The van der Waals surface area contributed by atoms with Crippen LogP contribution in [-0.4, -0.2) is 12.7 Å². The van der Waals surface area contributed by atoms with Crippen molar-refractivity contribution in [1.82, 2.24) is 0 Å². The maximum Gasteiger partial charge on any atom is 1.00 e. The summed E-state index contributed by atoms with van der Waals surface area (Å²) in [6, 6.07) is 9.47. The summed E-state index contributed by atoms with van der Waals surface area (Å²) in [5.41, 5.74) is 0. The van der Waals surface area contributed by atoms with Crippen LogP contribution in [0.4, 0.5) is 12.9 Å². The summed E-state index contributed by atoms with van der Waals surface area (Å²) < 4.78 is 35.5. The molecule has 0 unspecified atom stereocenters. The molecule has 0 N–H and O–H groups in total. The molecule has 78 valence electrons. The maximum atomic E-state index is 11.8. The van der Waals surface area contributed by atoms with Crippen molar-refractivity contribution in [1.29, 1.82) is 0 Å². The Hall–Kier alpha value is 1.06. The third kappa shape index (κ3) is 8.83. The van der Waals surface area contributed by atoms with Gasteiger partial charge in [-0.3, -0.25) is 0 Å². The zero-order chi connectivity index (χ0) is 10.4. The number of hydrogen-bond acceptors (Lipinski definition) is 1. The van der Waals surface area contributed by atoms with Crippen LogP contribution in [0, 0.1) is 0 Å². The van der Waals surface area contributed by atoms with Crippen LogP contribution in [0.3, 0.4) is 0 Å². The third-order valence-corrected chi connectivity index (χ3v) is 2.79. The average Bonchev–Trinajstić information content (AvgIpc) is 2.13. The summed E-state index contributed by atoms with van der Waals surface area (Å²) in [4.78, 5) is 1.03. The first kappa shape index (κ1) is 16.1. The second-order valence-corrected chi connectivity index (χ2v) is 4.18. The Labute approximate surface area is 135 Å². The summed E-state index contributed by atoms with van der Waals surface area (Å²) in [5.74, 6) is 0.533. The minimum Gasteiger partial charge on any atom is -0.449 e. The molecule has 0 radical (unpaired) electrons. The SMILES string of the molecule is F[B-](F)(F)CCCSc1ccccc1.[K+]. The monoisotopic (exact) mass is 258 g/mol. The Balaban J connectivity index is 0.00000196. The van der Waals surface area contributed by atoms with E-state index in [0.717, 1.165) is 4.90 Å². The van der Waals surface area contributed by atoms with Crippen LogP contribution in [0.5, 0.6) is 0 Å². The molecule has 0 aliphatic rings. The third-order valence-electron chi connectivity index (χ3n) is 1.69. The van der Waals surface area contributed by atoms with Gasteiger partial charge in [0.05, 0.1) is 0 Å². The molecule has 0 nitrogen and oxygen atoms in total. The van der Waals surface area contributed by atoms with Gasteiger partial charge in [0, 0.05) is 4.90 Å². The molecular weight excluding hydrogens is 247 g/mol. The van der Waals surface area contributed by atoms with Crippen LogP contribution in [0.1, 0.15) is 6.42 Å². The molecule has 0 heterocycles. The van der Waals surface area contributed by atoms with Gasteiger partial charge in [-0.15, -0.1) is 11.8 Å². The van der Waals surface area contributed by atoms with Gasteiger partial charge >= 0.3 is 58.4 Å². The van der Waals surface area contributed by atoms with Crippen molar-refractivity contribution in [2.24, 2.45) is 0 Å². The fourth-order valence-corrected chi connectivity index (χ4v) is 1.92. The van der Waals surface area contributed by atoms with E-state index >= 15 is 0 Å². The molecule has 1 rings (SSSR count). The quantitative estimate of drug-likeness (QED) is 0.431. The first-order valence-corrected chi connectivity index (χ1v) is 5.45. The molecule has 0 aliphatic heterocycles. The number of hydrogen-bond donors (Lipinski definition) is 0. The van der Waals surface area contributed by atoms with Crippen LogP contribution in [0.25, 0.3) is 0 Å². The van der Waals surface area contributed by atoms with E-state index in [1.807, 2.05) is 30.3 Å². The smallest absolute Gasteiger partial charge is 0.449 e. The summed E-state index contributed by atoms with van der Waals surface area (Å²) >= 11 is 1.47. The zero-order valence-corrected chi connectivity index (χ0v) is 12.6. The maximum absolute atomic E-state index is 11.8. The second kappa shape index (κ2) is 8.20. The van der Waals surface area contributed by atoms with E-state index in [0.29, 0.717) is 5.75 Å². The molecule has 0 aromatic heterocycles. The minimum atomic E-state index is -4.60. The van der Waals surface area contributed by atoms with E-state index in [-0.39, 0.29) is 57.8 Å². The number of rotatable bonds is 5. The van der Waals surface area contributed by atoms with E-state index in [1.54, 1.807) is 0 Å². The molecule has 0 atom stereocenters. The summed E-state index contributed by atoms with van der Waals surface area (Å²) in [6.45, 7) is -4.60. The van der Waals surface area contributed by atoms with Crippen LogP contribution in [-0.2, 0) is 0 Å². The normalized spacial score (nSPS) is 10.9. The van der Waals surface area contributed by atoms with Crippen molar-refractivity contribution in [3.8, 4) is 0 Å². The molecule has 0 aliphatic carbocycles. The average molecular weight is 258 g/mol. The Bertz CT molecular complexity index is 266. The van der Waals surface area contributed by atoms with Crippen molar-refractivity contribution in [3.05, 3.63) is 30.3 Å². The van der Waals surface area contributed by atoms with Crippen molar-refractivity contribution >= 4 is 18.7 Å². The van der Waals surface area contributed by atoms with E-state index in [2.05, 4.69) is 0 Å². The standard InChI is InChI=1S/C9H11BF3S.K/c11-10(12,13)7-4-8-14-9-5-2-1-3-6-9;/h1-3,5-6H,4,7-8H2;/q-1;+1. The minimum absolute atomic E-state index is 0.